The van der Waals surface area contributed by atoms with Crippen LogP contribution in [-0.4, -0.2) is 0 Å². The van der Waals surface area contributed by atoms with Crippen molar-refractivity contribution < 1.29 is 0 Å². The van der Waals surface area contributed by atoms with E-state index in [1.165, 1.54) is 50.1 Å². The van der Waals surface area contributed by atoms with E-state index in [1.54, 1.807) is 0 Å². The normalized spacial score (nSPS) is 11.1. The molecular weight excluding hydrogens is 615 g/mol. The molecule has 0 aliphatic carbocycles. The maximum atomic E-state index is 2.33. The van der Waals surface area contributed by atoms with Gasteiger partial charge in [0, 0.05) is 17.1 Å². The van der Waals surface area contributed by atoms with Gasteiger partial charge in [0.1, 0.15) is 0 Å². The lowest BCUT2D eigenvalue weighted by molar-refractivity contribution is 1.28. The molecule has 8 aromatic carbocycles. The molecule has 0 N–H and O–H groups in total. The molecule has 0 spiro atoms. The van der Waals surface area contributed by atoms with Crippen LogP contribution >= 0.6 is 0 Å². The van der Waals surface area contributed by atoms with Gasteiger partial charge in [0.2, 0.25) is 0 Å². The molecule has 1 heteroatoms. The summed E-state index contributed by atoms with van der Waals surface area (Å²) >= 11 is 0. The van der Waals surface area contributed by atoms with Crippen molar-refractivity contribution in [3.63, 3.8) is 0 Å². The second kappa shape index (κ2) is 14.8. The summed E-state index contributed by atoms with van der Waals surface area (Å²) in [5, 5.41) is 0. The molecule has 0 amide bonds. The van der Waals surface area contributed by atoms with E-state index in [2.05, 4.69) is 223 Å². The SMILES string of the molecule is C(=C\c1ccc(N(c2ccc(-c3ccc(-c4ccccc4)cc3)cc2)c2ccc(-c3ccc(-c4ccccc4)cc3)cc2)cc1)/c1ccccc1. The molecule has 1 nitrogen and oxygen atoms in total. The van der Waals surface area contributed by atoms with Crippen LogP contribution in [0.25, 0.3) is 56.7 Å². The molecule has 8 rings (SSSR count). The van der Waals surface area contributed by atoms with Gasteiger partial charge in [-0.1, -0.05) is 188 Å². The average Bonchev–Trinajstić information content (AvgIpc) is 3.22. The predicted molar refractivity (Wildman–Crippen MR) is 218 cm³/mol. The summed E-state index contributed by atoms with van der Waals surface area (Å²) in [6.45, 7) is 0. The third kappa shape index (κ3) is 7.34. The minimum Gasteiger partial charge on any atom is -0.311 e. The van der Waals surface area contributed by atoms with Crippen molar-refractivity contribution in [2.24, 2.45) is 0 Å². The zero-order chi connectivity index (χ0) is 34.2. The number of rotatable bonds is 9. The zero-order valence-electron chi connectivity index (χ0n) is 28.3. The second-order valence-electron chi connectivity index (χ2n) is 12.7. The molecule has 0 fully saturated rings. The van der Waals surface area contributed by atoms with Gasteiger partial charge < -0.3 is 4.90 Å². The fraction of sp³-hybridized carbons (Fsp3) is 0. The molecule has 242 valence electrons. The van der Waals surface area contributed by atoms with E-state index < -0.39 is 0 Å². The van der Waals surface area contributed by atoms with Crippen molar-refractivity contribution in [2.45, 2.75) is 0 Å². The van der Waals surface area contributed by atoms with Crippen LogP contribution in [0.1, 0.15) is 11.1 Å². The first-order valence-corrected chi connectivity index (χ1v) is 17.4. The van der Waals surface area contributed by atoms with E-state index >= 15 is 0 Å². The highest BCUT2D eigenvalue weighted by Gasteiger charge is 2.14. The van der Waals surface area contributed by atoms with Crippen molar-refractivity contribution in [1.82, 2.24) is 0 Å². The van der Waals surface area contributed by atoms with Crippen LogP contribution in [0.4, 0.5) is 17.1 Å². The Morgan fingerprint density at radius 3 is 0.784 bits per heavy atom. The van der Waals surface area contributed by atoms with E-state index in [4.69, 9.17) is 0 Å². The van der Waals surface area contributed by atoms with E-state index in [1.807, 2.05) is 6.07 Å². The minimum absolute atomic E-state index is 1.10. The number of hydrogen-bond donors (Lipinski definition) is 0. The van der Waals surface area contributed by atoms with Gasteiger partial charge in [-0.15, -0.1) is 0 Å². The minimum atomic E-state index is 1.10. The van der Waals surface area contributed by atoms with E-state index in [0.29, 0.717) is 0 Å². The largest absolute Gasteiger partial charge is 0.311 e. The van der Waals surface area contributed by atoms with Crippen LogP contribution in [0.2, 0.25) is 0 Å². The first kappa shape index (κ1) is 31.6. The summed E-state index contributed by atoms with van der Waals surface area (Å²) in [5.41, 5.74) is 15.3. The monoisotopic (exact) mass is 651 g/mol. The number of benzene rings is 8. The summed E-state index contributed by atoms with van der Waals surface area (Å²) in [4.78, 5) is 2.33. The Balaban J connectivity index is 1.08. The van der Waals surface area contributed by atoms with Gasteiger partial charge in [-0.3, -0.25) is 0 Å². The number of nitrogens with zero attached hydrogens (tertiary/aromatic N) is 1. The highest BCUT2D eigenvalue weighted by molar-refractivity contribution is 5.81. The van der Waals surface area contributed by atoms with Gasteiger partial charge in [-0.05, 0) is 92.0 Å². The van der Waals surface area contributed by atoms with E-state index in [9.17, 15) is 0 Å². The third-order valence-electron chi connectivity index (χ3n) is 9.32. The van der Waals surface area contributed by atoms with E-state index in [0.717, 1.165) is 22.6 Å². The summed E-state index contributed by atoms with van der Waals surface area (Å²) in [6.07, 6.45) is 4.32. The highest BCUT2D eigenvalue weighted by atomic mass is 15.1. The van der Waals surface area contributed by atoms with Crippen LogP contribution in [0.3, 0.4) is 0 Å². The van der Waals surface area contributed by atoms with Crippen LogP contribution < -0.4 is 4.90 Å². The topological polar surface area (TPSA) is 3.24 Å². The molecule has 0 aliphatic rings. The Kier molecular flexibility index (Phi) is 9.17. The molecule has 0 heterocycles. The Hall–Kier alpha value is -6.70. The van der Waals surface area contributed by atoms with Gasteiger partial charge in [-0.2, -0.15) is 0 Å². The molecule has 0 bridgehead atoms. The average molecular weight is 652 g/mol. The molecule has 0 unspecified atom stereocenters. The molecule has 0 saturated heterocycles. The maximum absolute atomic E-state index is 2.33. The first-order valence-electron chi connectivity index (χ1n) is 17.4. The Morgan fingerprint density at radius 2 is 0.451 bits per heavy atom. The molecular formula is C50H37N. The molecule has 0 aromatic heterocycles. The Morgan fingerprint density at radius 1 is 0.216 bits per heavy atom. The second-order valence-corrected chi connectivity index (χ2v) is 12.7. The number of anilines is 3. The lowest BCUT2D eigenvalue weighted by Crippen LogP contribution is -2.09. The van der Waals surface area contributed by atoms with Gasteiger partial charge in [0.25, 0.3) is 0 Å². The lowest BCUT2D eigenvalue weighted by atomic mass is 9.99. The molecule has 0 saturated carbocycles. The van der Waals surface area contributed by atoms with Gasteiger partial charge in [0.05, 0.1) is 0 Å². The van der Waals surface area contributed by atoms with Gasteiger partial charge in [-0.25, -0.2) is 0 Å². The summed E-state index contributed by atoms with van der Waals surface area (Å²) in [6, 6.07) is 75.7. The maximum Gasteiger partial charge on any atom is 0.0462 e. The smallest absolute Gasteiger partial charge is 0.0462 e. The van der Waals surface area contributed by atoms with Crippen LogP contribution in [0, 0.1) is 0 Å². The quantitative estimate of drug-likeness (QED) is 0.140. The first-order chi connectivity index (χ1) is 25.3. The van der Waals surface area contributed by atoms with Gasteiger partial charge in [0.15, 0.2) is 0 Å². The van der Waals surface area contributed by atoms with Crippen molar-refractivity contribution in [3.05, 3.63) is 223 Å². The fourth-order valence-corrected chi connectivity index (χ4v) is 6.52. The predicted octanol–water partition coefficient (Wildman–Crippen LogP) is 14.0. The highest BCUT2D eigenvalue weighted by Crippen LogP contribution is 2.37. The summed E-state index contributed by atoms with van der Waals surface area (Å²) in [7, 11) is 0. The van der Waals surface area contributed by atoms with Crippen LogP contribution in [-0.2, 0) is 0 Å². The van der Waals surface area contributed by atoms with Crippen molar-refractivity contribution in [2.75, 3.05) is 4.90 Å². The molecule has 8 aromatic rings. The molecule has 0 radical (unpaired) electrons. The summed E-state index contributed by atoms with van der Waals surface area (Å²) in [5.74, 6) is 0. The van der Waals surface area contributed by atoms with E-state index in [-0.39, 0.29) is 0 Å². The number of hydrogen-bond acceptors (Lipinski definition) is 1. The standard InChI is InChI=1S/C50H37N/c1-4-10-38(11-5-1)16-17-39-18-32-48(33-19-39)51(49-34-28-46(29-35-49)44-24-20-42(21-25-44)40-12-6-2-7-13-40)50-36-30-47(31-37-50)45-26-22-43(23-27-45)41-14-8-3-9-15-41/h1-37H/b17-16+. The van der Waals surface area contributed by atoms with Gasteiger partial charge >= 0.3 is 0 Å². The molecule has 0 aliphatic heterocycles. The van der Waals surface area contributed by atoms with Crippen LogP contribution in [0.15, 0.2) is 212 Å². The Labute approximate surface area is 301 Å². The Bertz CT molecular complexity index is 2200. The lowest BCUT2D eigenvalue weighted by Gasteiger charge is -2.26. The summed E-state index contributed by atoms with van der Waals surface area (Å²) < 4.78 is 0. The molecule has 51 heavy (non-hydrogen) atoms. The zero-order valence-corrected chi connectivity index (χ0v) is 28.3. The van der Waals surface area contributed by atoms with Crippen molar-refractivity contribution in [1.29, 1.82) is 0 Å². The van der Waals surface area contributed by atoms with Crippen LogP contribution in [0.5, 0.6) is 0 Å². The molecule has 0 atom stereocenters. The van der Waals surface area contributed by atoms with Crippen molar-refractivity contribution in [3.8, 4) is 44.5 Å². The van der Waals surface area contributed by atoms with Crippen molar-refractivity contribution >= 4 is 29.2 Å². The third-order valence-corrected chi connectivity index (χ3v) is 9.32. The fourth-order valence-electron chi connectivity index (χ4n) is 6.52.